The zero-order valence-corrected chi connectivity index (χ0v) is 15.5. The third-order valence-electron chi connectivity index (χ3n) is 3.89. The summed E-state index contributed by atoms with van der Waals surface area (Å²) in [5, 5.41) is 10.9. The van der Waals surface area contributed by atoms with Gasteiger partial charge in [-0.3, -0.25) is 10.4 Å². The molecule has 8 heteroatoms. The fourth-order valence-corrected chi connectivity index (χ4v) is 3.02. The number of rotatable bonds is 2. The van der Waals surface area contributed by atoms with E-state index in [0.29, 0.717) is 22.2 Å². The minimum absolute atomic E-state index is 0.128. The average Bonchev–Trinajstić information content (AvgIpc) is 3.06. The predicted molar refractivity (Wildman–Crippen MR) is 97.2 cm³/mol. The van der Waals surface area contributed by atoms with Crippen LogP contribution in [0, 0.1) is 6.92 Å². The number of halogens is 1. The van der Waals surface area contributed by atoms with Gasteiger partial charge in [0.25, 0.3) is 0 Å². The highest BCUT2D eigenvalue weighted by atomic mass is 35.5. The number of methoxy groups -OCH3 is 1. The van der Waals surface area contributed by atoms with Gasteiger partial charge in [0, 0.05) is 16.7 Å². The normalized spacial score (nSPS) is 11.8. The molecule has 0 saturated heterocycles. The molecule has 0 fully saturated rings. The second-order valence-corrected chi connectivity index (χ2v) is 7.25. The first-order valence-corrected chi connectivity index (χ1v) is 8.19. The largest absolute Gasteiger partial charge is 0.453 e. The van der Waals surface area contributed by atoms with Gasteiger partial charge >= 0.3 is 6.09 Å². The first-order chi connectivity index (χ1) is 11.7. The van der Waals surface area contributed by atoms with E-state index >= 15 is 0 Å². The molecule has 2 N–H and O–H groups in total. The molecule has 3 rings (SSSR count). The lowest BCUT2D eigenvalue weighted by Crippen LogP contribution is -2.13. The zero-order chi connectivity index (χ0) is 18.4. The molecular weight excluding hydrogens is 342 g/mol. The van der Waals surface area contributed by atoms with E-state index in [1.807, 2.05) is 19.1 Å². The number of hydrogen-bond acceptors (Lipinski definition) is 4. The van der Waals surface area contributed by atoms with Crippen LogP contribution in [0.1, 0.15) is 32.0 Å². The molecule has 7 nitrogen and oxygen atoms in total. The maximum atomic E-state index is 11.3. The minimum atomic E-state index is -0.512. The molecule has 0 unspecified atom stereocenters. The Morgan fingerprint density at radius 2 is 2.08 bits per heavy atom. The van der Waals surface area contributed by atoms with Crippen LogP contribution >= 0.6 is 11.6 Å². The van der Waals surface area contributed by atoms with E-state index in [1.165, 1.54) is 7.11 Å². The molecule has 1 amide bonds. The Bertz CT molecular complexity index is 952. The van der Waals surface area contributed by atoms with E-state index in [1.54, 1.807) is 10.7 Å². The molecule has 2 heterocycles. The van der Waals surface area contributed by atoms with Crippen LogP contribution in [-0.4, -0.2) is 33.0 Å². The summed E-state index contributed by atoms with van der Waals surface area (Å²) in [6, 6.07) is 5.47. The molecule has 0 aliphatic rings. The van der Waals surface area contributed by atoms with Gasteiger partial charge in [0.15, 0.2) is 11.5 Å². The van der Waals surface area contributed by atoms with E-state index in [2.05, 4.69) is 46.0 Å². The van der Waals surface area contributed by atoms with Crippen LogP contribution < -0.4 is 5.32 Å². The molecule has 2 aromatic heterocycles. The number of carbonyl (C=O) groups is 1. The summed E-state index contributed by atoms with van der Waals surface area (Å²) in [5.74, 6) is 0.565. The number of carbonyl (C=O) groups excluding carboxylic acids is 1. The van der Waals surface area contributed by atoms with Crippen molar-refractivity contribution in [2.75, 3.05) is 12.4 Å². The number of aromatic amines is 1. The SMILES string of the molecule is COC(=O)Nc1ccc(-c2nc3c(Cl)c(C(C)(C)C)[nH]n3n2)c(C)c1. The van der Waals surface area contributed by atoms with Crippen LogP contribution in [0.4, 0.5) is 10.5 Å². The molecule has 0 spiro atoms. The van der Waals surface area contributed by atoms with Gasteiger partial charge in [-0.15, -0.1) is 5.10 Å². The van der Waals surface area contributed by atoms with Gasteiger partial charge in [0.2, 0.25) is 0 Å². The molecule has 0 aliphatic heterocycles. The third kappa shape index (κ3) is 3.19. The lowest BCUT2D eigenvalue weighted by molar-refractivity contribution is 0.187. The molecule has 132 valence electrons. The summed E-state index contributed by atoms with van der Waals surface area (Å²) in [5.41, 5.74) is 3.79. The van der Waals surface area contributed by atoms with E-state index < -0.39 is 6.09 Å². The molecule has 0 aliphatic carbocycles. The first kappa shape index (κ1) is 17.3. The minimum Gasteiger partial charge on any atom is -0.453 e. The predicted octanol–water partition coefficient (Wildman–Crippen LogP) is 4.16. The number of ether oxygens (including phenoxy) is 1. The van der Waals surface area contributed by atoms with Gasteiger partial charge in [0.05, 0.1) is 12.8 Å². The highest BCUT2D eigenvalue weighted by Gasteiger charge is 2.24. The van der Waals surface area contributed by atoms with Crippen LogP contribution in [0.25, 0.3) is 17.0 Å². The summed E-state index contributed by atoms with van der Waals surface area (Å²) >= 11 is 6.46. The van der Waals surface area contributed by atoms with Crippen molar-refractivity contribution in [2.24, 2.45) is 0 Å². The van der Waals surface area contributed by atoms with Gasteiger partial charge < -0.3 is 4.74 Å². The van der Waals surface area contributed by atoms with Crippen molar-refractivity contribution in [3.05, 3.63) is 34.5 Å². The number of aryl methyl sites for hydroxylation is 1. The quantitative estimate of drug-likeness (QED) is 0.717. The molecule has 0 atom stereocenters. The lowest BCUT2D eigenvalue weighted by Gasteiger charge is -2.16. The van der Waals surface area contributed by atoms with E-state index in [0.717, 1.165) is 16.8 Å². The number of amides is 1. The van der Waals surface area contributed by atoms with Gasteiger partial charge in [-0.2, -0.15) is 4.63 Å². The molecule has 0 radical (unpaired) electrons. The Labute approximate surface area is 150 Å². The number of benzene rings is 1. The zero-order valence-electron chi connectivity index (χ0n) is 14.8. The summed E-state index contributed by atoms with van der Waals surface area (Å²) in [7, 11) is 1.32. The number of anilines is 1. The van der Waals surface area contributed by atoms with E-state index in [-0.39, 0.29) is 5.41 Å². The fraction of sp³-hybridized carbons (Fsp3) is 0.353. The second kappa shape index (κ2) is 6.07. The summed E-state index contributed by atoms with van der Waals surface area (Å²) in [4.78, 5) is 15.9. The number of hydrogen-bond donors (Lipinski definition) is 2. The molecular formula is C17H20ClN5O2. The molecule has 0 saturated carbocycles. The van der Waals surface area contributed by atoms with Crippen molar-refractivity contribution < 1.29 is 9.53 Å². The highest BCUT2D eigenvalue weighted by molar-refractivity contribution is 6.34. The standard InChI is InChI=1S/C17H20ClN5O2/c1-9-8-10(19-16(24)25-5)6-7-11(9)14-20-15-12(18)13(17(2,3)4)21-23(15)22-14/h6-8,21H,1-5H3,(H,19,24). The number of H-pyrrole nitrogens is 1. The topological polar surface area (TPSA) is 84.3 Å². The number of nitrogens with zero attached hydrogens (tertiary/aromatic N) is 3. The van der Waals surface area contributed by atoms with Gasteiger partial charge in [0.1, 0.15) is 5.02 Å². The Kier molecular flexibility index (Phi) is 4.20. The average molecular weight is 362 g/mol. The van der Waals surface area contributed by atoms with Gasteiger partial charge in [-0.1, -0.05) is 32.4 Å². The van der Waals surface area contributed by atoms with Crippen LogP contribution in [0.15, 0.2) is 18.2 Å². The van der Waals surface area contributed by atoms with Crippen molar-refractivity contribution >= 4 is 29.0 Å². The van der Waals surface area contributed by atoms with Crippen molar-refractivity contribution in [3.63, 3.8) is 0 Å². The Morgan fingerprint density at radius 1 is 1.36 bits per heavy atom. The van der Waals surface area contributed by atoms with Crippen LogP contribution in [0.3, 0.4) is 0 Å². The fourth-order valence-electron chi connectivity index (χ4n) is 2.57. The Hall–Kier alpha value is -2.54. The van der Waals surface area contributed by atoms with E-state index in [9.17, 15) is 4.79 Å². The van der Waals surface area contributed by atoms with Gasteiger partial charge in [-0.25, -0.2) is 9.78 Å². The number of fused-ring (bicyclic) bond motifs is 1. The van der Waals surface area contributed by atoms with Gasteiger partial charge in [-0.05, 0) is 30.7 Å². The van der Waals surface area contributed by atoms with Crippen LogP contribution in [0.2, 0.25) is 5.02 Å². The van der Waals surface area contributed by atoms with Crippen molar-refractivity contribution in [3.8, 4) is 11.4 Å². The van der Waals surface area contributed by atoms with Crippen molar-refractivity contribution in [1.82, 2.24) is 19.8 Å². The maximum Gasteiger partial charge on any atom is 0.411 e. The number of nitrogens with one attached hydrogen (secondary N) is 2. The molecule has 1 aromatic carbocycles. The molecule has 0 bridgehead atoms. The van der Waals surface area contributed by atoms with Crippen molar-refractivity contribution in [2.45, 2.75) is 33.1 Å². The first-order valence-electron chi connectivity index (χ1n) is 7.81. The number of aromatic nitrogens is 4. The second-order valence-electron chi connectivity index (χ2n) is 6.87. The smallest absolute Gasteiger partial charge is 0.411 e. The summed E-state index contributed by atoms with van der Waals surface area (Å²) in [6.45, 7) is 8.14. The Balaban J connectivity index is 1.98. The van der Waals surface area contributed by atoms with E-state index in [4.69, 9.17) is 11.6 Å². The summed E-state index contributed by atoms with van der Waals surface area (Å²) < 4.78 is 6.19. The lowest BCUT2D eigenvalue weighted by atomic mass is 9.92. The van der Waals surface area contributed by atoms with Crippen LogP contribution in [-0.2, 0) is 10.2 Å². The summed E-state index contributed by atoms with van der Waals surface area (Å²) in [6.07, 6.45) is -0.512. The van der Waals surface area contributed by atoms with Crippen molar-refractivity contribution in [1.29, 1.82) is 0 Å². The molecule has 3 aromatic rings. The molecule has 25 heavy (non-hydrogen) atoms. The monoisotopic (exact) mass is 361 g/mol. The third-order valence-corrected chi connectivity index (χ3v) is 4.25. The maximum absolute atomic E-state index is 11.3. The highest BCUT2D eigenvalue weighted by Crippen LogP contribution is 2.32. The van der Waals surface area contributed by atoms with Crippen LogP contribution in [0.5, 0.6) is 0 Å². The Morgan fingerprint density at radius 3 is 2.64 bits per heavy atom.